The zero-order valence-electron chi connectivity index (χ0n) is 10.3. The highest BCUT2D eigenvalue weighted by Gasteiger charge is 2.05. The third kappa shape index (κ3) is 3.35. The number of imidazole rings is 1. The Bertz CT molecular complexity index is 654. The molecule has 1 N–H and O–H groups in total. The lowest BCUT2D eigenvalue weighted by molar-refractivity contribution is 0.628. The van der Waals surface area contributed by atoms with Gasteiger partial charge in [0.05, 0.1) is 11.9 Å². The minimum absolute atomic E-state index is 0. The lowest BCUT2D eigenvalue weighted by atomic mass is 10.2. The molecule has 2 aromatic heterocycles. The van der Waals surface area contributed by atoms with Crippen LogP contribution in [0.15, 0.2) is 55.0 Å². The van der Waals surface area contributed by atoms with Crippen molar-refractivity contribution in [1.29, 1.82) is 0 Å². The Hall–Kier alpha value is -1.91. The van der Waals surface area contributed by atoms with Crippen LogP contribution in [0.1, 0.15) is 0 Å². The van der Waals surface area contributed by atoms with Crippen LogP contribution in [0.5, 0.6) is 0 Å². The van der Waals surface area contributed by atoms with E-state index in [-0.39, 0.29) is 30.6 Å². The van der Waals surface area contributed by atoms with Gasteiger partial charge in [0.25, 0.3) is 0 Å². The van der Waals surface area contributed by atoms with Gasteiger partial charge in [-0.25, -0.2) is 9.37 Å². The summed E-state index contributed by atoms with van der Waals surface area (Å²) in [6.07, 6.45) is 5.23. The maximum absolute atomic E-state index is 12.8. The molecule has 0 aliphatic carbocycles. The van der Waals surface area contributed by atoms with Gasteiger partial charge in [-0.1, -0.05) is 0 Å². The summed E-state index contributed by atoms with van der Waals surface area (Å²) in [5.74, 6) is 0.464. The minimum Gasteiger partial charge on any atom is -0.338 e. The quantitative estimate of drug-likeness (QED) is 0.773. The Morgan fingerprint density at radius 3 is 2.30 bits per heavy atom. The van der Waals surface area contributed by atoms with Gasteiger partial charge in [-0.2, -0.15) is 0 Å². The number of halogens is 3. The summed E-state index contributed by atoms with van der Waals surface area (Å²) < 4.78 is 12.8. The van der Waals surface area contributed by atoms with Crippen LogP contribution in [0.4, 0.5) is 4.39 Å². The number of rotatable bonds is 2. The molecule has 6 heteroatoms. The molecule has 0 aliphatic rings. The maximum Gasteiger partial charge on any atom is 0.137 e. The van der Waals surface area contributed by atoms with Crippen LogP contribution in [0.2, 0.25) is 0 Å². The number of hydrogen-bond donors (Lipinski definition) is 1. The second-order valence-electron chi connectivity index (χ2n) is 3.89. The van der Waals surface area contributed by atoms with Crippen LogP contribution in [0.3, 0.4) is 0 Å². The predicted molar refractivity (Wildman–Crippen MR) is 81.7 cm³/mol. The molecule has 0 saturated carbocycles. The van der Waals surface area contributed by atoms with Crippen LogP contribution >= 0.6 is 24.8 Å². The normalized spacial score (nSPS) is 9.45. The number of nitrogens with zero attached hydrogens (tertiary/aromatic N) is 2. The third-order valence-corrected chi connectivity index (χ3v) is 2.67. The van der Waals surface area contributed by atoms with Gasteiger partial charge < -0.3 is 4.98 Å². The molecular formula is C14H12Cl2FN3. The second-order valence-corrected chi connectivity index (χ2v) is 3.89. The summed E-state index contributed by atoms with van der Waals surface area (Å²) in [6.45, 7) is 0. The van der Waals surface area contributed by atoms with Crippen LogP contribution < -0.4 is 0 Å². The molecule has 0 bridgehead atoms. The maximum atomic E-state index is 12.8. The van der Waals surface area contributed by atoms with Crippen LogP contribution in [-0.2, 0) is 0 Å². The van der Waals surface area contributed by atoms with Gasteiger partial charge in [0.2, 0.25) is 0 Å². The summed E-state index contributed by atoms with van der Waals surface area (Å²) in [5, 5.41) is 0. The van der Waals surface area contributed by atoms with E-state index < -0.39 is 0 Å². The molecular weight excluding hydrogens is 300 g/mol. The van der Waals surface area contributed by atoms with E-state index in [1.165, 1.54) is 12.1 Å². The summed E-state index contributed by atoms with van der Waals surface area (Å²) in [5.41, 5.74) is 2.72. The first kappa shape index (κ1) is 16.1. The van der Waals surface area contributed by atoms with Gasteiger partial charge >= 0.3 is 0 Å². The van der Waals surface area contributed by atoms with E-state index in [9.17, 15) is 4.39 Å². The average Bonchev–Trinajstić information content (AvgIpc) is 2.90. The molecule has 3 aromatic rings. The molecule has 2 heterocycles. The number of aromatic nitrogens is 3. The first-order valence-electron chi connectivity index (χ1n) is 5.54. The smallest absolute Gasteiger partial charge is 0.137 e. The fourth-order valence-electron chi connectivity index (χ4n) is 1.74. The van der Waals surface area contributed by atoms with Crippen molar-refractivity contribution in [2.24, 2.45) is 0 Å². The van der Waals surface area contributed by atoms with E-state index in [0.717, 1.165) is 16.8 Å². The molecule has 1 aromatic carbocycles. The van der Waals surface area contributed by atoms with Crippen LogP contribution in [0, 0.1) is 5.82 Å². The van der Waals surface area contributed by atoms with Crippen molar-refractivity contribution < 1.29 is 4.39 Å². The number of nitrogens with one attached hydrogen (secondary N) is 1. The number of aromatic amines is 1. The number of pyridine rings is 1. The summed E-state index contributed by atoms with van der Waals surface area (Å²) in [6, 6.07) is 10.0. The van der Waals surface area contributed by atoms with Gasteiger partial charge in [-0.05, 0) is 36.4 Å². The average molecular weight is 312 g/mol. The highest BCUT2D eigenvalue weighted by molar-refractivity contribution is 5.85. The first-order chi connectivity index (χ1) is 8.83. The lowest BCUT2D eigenvalue weighted by Gasteiger charge is -1.97. The van der Waals surface area contributed by atoms with Gasteiger partial charge in [-0.15, -0.1) is 24.8 Å². The predicted octanol–water partition coefficient (Wildman–Crippen LogP) is 4.12. The van der Waals surface area contributed by atoms with Crippen molar-refractivity contribution in [2.45, 2.75) is 0 Å². The molecule has 0 saturated heterocycles. The monoisotopic (exact) mass is 311 g/mol. The van der Waals surface area contributed by atoms with Crippen molar-refractivity contribution >= 4 is 24.8 Å². The second kappa shape index (κ2) is 7.03. The number of H-pyrrole nitrogens is 1. The van der Waals surface area contributed by atoms with Crippen molar-refractivity contribution in [1.82, 2.24) is 15.0 Å². The van der Waals surface area contributed by atoms with Gasteiger partial charge in [-0.3, -0.25) is 4.98 Å². The molecule has 0 fully saturated rings. The Morgan fingerprint density at radius 1 is 0.900 bits per heavy atom. The lowest BCUT2D eigenvalue weighted by Crippen LogP contribution is -1.82. The highest BCUT2D eigenvalue weighted by atomic mass is 35.5. The molecule has 104 valence electrons. The van der Waals surface area contributed by atoms with E-state index >= 15 is 0 Å². The Balaban J connectivity index is 0.000001000. The summed E-state index contributed by atoms with van der Waals surface area (Å²) >= 11 is 0. The third-order valence-electron chi connectivity index (χ3n) is 2.67. The van der Waals surface area contributed by atoms with E-state index in [2.05, 4.69) is 15.0 Å². The fraction of sp³-hybridized carbons (Fsp3) is 0. The molecule has 0 amide bonds. The molecule has 20 heavy (non-hydrogen) atoms. The minimum atomic E-state index is -0.252. The molecule has 0 radical (unpaired) electrons. The zero-order chi connectivity index (χ0) is 12.4. The largest absolute Gasteiger partial charge is 0.338 e. The van der Waals surface area contributed by atoms with Crippen LogP contribution in [0.25, 0.3) is 22.6 Å². The highest BCUT2D eigenvalue weighted by Crippen LogP contribution is 2.21. The SMILES string of the molecule is Cl.Cl.Fc1ccc(-c2ncc(-c3cccnc3)[nH]2)cc1. The van der Waals surface area contributed by atoms with E-state index in [1.807, 2.05) is 12.1 Å². The van der Waals surface area contributed by atoms with E-state index in [0.29, 0.717) is 5.82 Å². The summed E-state index contributed by atoms with van der Waals surface area (Å²) in [7, 11) is 0. The molecule has 3 nitrogen and oxygen atoms in total. The Morgan fingerprint density at radius 2 is 1.65 bits per heavy atom. The van der Waals surface area contributed by atoms with Crippen molar-refractivity contribution in [2.75, 3.05) is 0 Å². The Kier molecular flexibility index (Phi) is 5.67. The van der Waals surface area contributed by atoms with Crippen LogP contribution in [-0.4, -0.2) is 15.0 Å². The summed E-state index contributed by atoms with van der Waals surface area (Å²) in [4.78, 5) is 11.5. The van der Waals surface area contributed by atoms with Gasteiger partial charge in [0.1, 0.15) is 11.6 Å². The Labute approximate surface area is 128 Å². The zero-order valence-corrected chi connectivity index (χ0v) is 11.9. The number of benzene rings is 1. The fourth-order valence-corrected chi connectivity index (χ4v) is 1.74. The molecule has 0 atom stereocenters. The van der Waals surface area contributed by atoms with Crippen molar-refractivity contribution in [3.8, 4) is 22.6 Å². The van der Waals surface area contributed by atoms with Gasteiger partial charge in [0, 0.05) is 23.5 Å². The van der Waals surface area contributed by atoms with Crippen molar-refractivity contribution in [3.63, 3.8) is 0 Å². The molecule has 0 spiro atoms. The van der Waals surface area contributed by atoms with E-state index in [4.69, 9.17) is 0 Å². The van der Waals surface area contributed by atoms with E-state index in [1.54, 1.807) is 30.7 Å². The van der Waals surface area contributed by atoms with Gasteiger partial charge in [0.15, 0.2) is 0 Å². The standard InChI is InChI=1S/C14H10FN3.2ClH/c15-12-5-3-10(4-6-12)14-17-9-13(18-14)11-2-1-7-16-8-11;;/h1-9H,(H,17,18);2*1H. The molecule has 0 unspecified atom stereocenters. The first-order valence-corrected chi connectivity index (χ1v) is 5.54. The molecule has 0 aliphatic heterocycles. The number of hydrogen-bond acceptors (Lipinski definition) is 2. The molecule has 3 rings (SSSR count). The van der Waals surface area contributed by atoms with Crippen molar-refractivity contribution in [3.05, 3.63) is 60.8 Å². The topological polar surface area (TPSA) is 41.6 Å².